The summed E-state index contributed by atoms with van der Waals surface area (Å²) in [6.07, 6.45) is 3.53. The summed E-state index contributed by atoms with van der Waals surface area (Å²) >= 11 is 0. The van der Waals surface area contributed by atoms with E-state index < -0.39 is 11.5 Å². The highest BCUT2D eigenvalue weighted by Crippen LogP contribution is 2.40. The molecular formula is C13H14N4O3. The molecule has 2 aromatic heterocycles. The second-order valence-electron chi connectivity index (χ2n) is 4.89. The van der Waals surface area contributed by atoms with Gasteiger partial charge in [0.15, 0.2) is 0 Å². The minimum atomic E-state index is -0.477. The van der Waals surface area contributed by atoms with Crippen LogP contribution in [0.4, 0.5) is 0 Å². The van der Waals surface area contributed by atoms with Crippen molar-refractivity contribution in [3.63, 3.8) is 0 Å². The minimum Gasteiger partial charge on any atom is -0.361 e. The number of carbonyl (C=O) groups excluding carboxylic acids is 1. The van der Waals surface area contributed by atoms with Crippen LogP contribution >= 0.6 is 0 Å². The number of hydrogen-bond acceptors (Lipinski definition) is 5. The third kappa shape index (κ3) is 2.61. The summed E-state index contributed by atoms with van der Waals surface area (Å²) in [5.41, 5.74) is 0.187. The molecule has 0 atom stereocenters. The van der Waals surface area contributed by atoms with Crippen molar-refractivity contribution in [2.24, 2.45) is 0 Å². The molecule has 2 N–H and O–H groups in total. The summed E-state index contributed by atoms with van der Waals surface area (Å²) in [6.45, 7) is 1.88. The Bertz CT molecular complexity index is 700. The number of rotatable bonds is 4. The van der Waals surface area contributed by atoms with Gasteiger partial charge in [-0.25, -0.2) is 4.98 Å². The fourth-order valence-electron chi connectivity index (χ4n) is 1.88. The fraction of sp³-hybridized carbons (Fsp3) is 0.385. The zero-order chi connectivity index (χ0) is 14.1. The molecule has 0 saturated heterocycles. The molecule has 1 saturated carbocycles. The van der Waals surface area contributed by atoms with Crippen LogP contribution in [0.5, 0.6) is 0 Å². The molecule has 0 unspecified atom stereocenters. The average molecular weight is 274 g/mol. The molecule has 3 rings (SSSR count). The van der Waals surface area contributed by atoms with E-state index in [0.717, 1.165) is 18.6 Å². The third-order valence-electron chi connectivity index (χ3n) is 3.16. The largest absolute Gasteiger partial charge is 0.361 e. The van der Waals surface area contributed by atoms with Crippen LogP contribution in [-0.4, -0.2) is 21.0 Å². The number of aromatic nitrogens is 3. The van der Waals surface area contributed by atoms with E-state index in [0.29, 0.717) is 17.4 Å². The molecule has 7 nitrogen and oxygen atoms in total. The Balaban J connectivity index is 1.64. The van der Waals surface area contributed by atoms with Gasteiger partial charge in [-0.1, -0.05) is 5.16 Å². The van der Waals surface area contributed by atoms with Crippen molar-refractivity contribution in [3.8, 4) is 0 Å². The Morgan fingerprint density at radius 3 is 3.05 bits per heavy atom. The molecule has 1 aliphatic rings. The highest BCUT2D eigenvalue weighted by atomic mass is 16.5. The Morgan fingerprint density at radius 1 is 1.55 bits per heavy atom. The highest BCUT2D eigenvalue weighted by molar-refractivity contribution is 5.93. The molecule has 1 fully saturated rings. The van der Waals surface area contributed by atoms with Gasteiger partial charge in [0.05, 0.1) is 6.54 Å². The summed E-state index contributed by atoms with van der Waals surface area (Å²) in [6, 6.07) is 1.84. The van der Waals surface area contributed by atoms with Gasteiger partial charge in [-0.2, -0.15) is 0 Å². The summed E-state index contributed by atoms with van der Waals surface area (Å²) in [7, 11) is 0. The van der Waals surface area contributed by atoms with Gasteiger partial charge in [-0.3, -0.25) is 9.59 Å². The van der Waals surface area contributed by atoms with E-state index in [2.05, 4.69) is 20.4 Å². The molecule has 1 amide bonds. The second kappa shape index (κ2) is 4.92. The summed E-state index contributed by atoms with van der Waals surface area (Å²) in [4.78, 5) is 29.9. The number of aryl methyl sites for hydroxylation is 1. The topological polar surface area (TPSA) is 101 Å². The van der Waals surface area contributed by atoms with E-state index in [1.807, 2.05) is 6.07 Å². The second-order valence-corrected chi connectivity index (χ2v) is 4.89. The van der Waals surface area contributed by atoms with Gasteiger partial charge < -0.3 is 14.8 Å². The first-order chi connectivity index (χ1) is 9.63. The number of amides is 1. The molecule has 2 aromatic rings. The van der Waals surface area contributed by atoms with E-state index >= 15 is 0 Å². The molecule has 104 valence electrons. The van der Waals surface area contributed by atoms with Crippen molar-refractivity contribution in [1.29, 1.82) is 0 Å². The third-order valence-corrected chi connectivity index (χ3v) is 3.16. The normalized spacial score (nSPS) is 14.2. The fourth-order valence-corrected chi connectivity index (χ4v) is 1.88. The quantitative estimate of drug-likeness (QED) is 0.861. The minimum absolute atomic E-state index is 0.0125. The summed E-state index contributed by atoms with van der Waals surface area (Å²) in [5, 5.41) is 6.52. The summed E-state index contributed by atoms with van der Waals surface area (Å²) in [5.74, 6) is 1.34. The highest BCUT2D eigenvalue weighted by Gasteiger charge is 2.27. The molecule has 0 aliphatic heterocycles. The van der Waals surface area contributed by atoms with Gasteiger partial charge in [0.2, 0.25) is 0 Å². The van der Waals surface area contributed by atoms with Crippen LogP contribution in [0.25, 0.3) is 0 Å². The van der Waals surface area contributed by atoms with E-state index in [4.69, 9.17) is 4.52 Å². The van der Waals surface area contributed by atoms with Crippen LogP contribution < -0.4 is 10.9 Å². The number of hydrogen-bond donors (Lipinski definition) is 2. The zero-order valence-electron chi connectivity index (χ0n) is 11.0. The van der Waals surface area contributed by atoms with Crippen LogP contribution in [0.1, 0.15) is 46.4 Å². The van der Waals surface area contributed by atoms with E-state index in [-0.39, 0.29) is 12.1 Å². The maximum absolute atomic E-state index is 11.9. The Hall–Kier alpha value is -2.44. The van der Waals surface area contributed by atoms with Gasteiger partial charge in [0.25, 0.3) is 11.5 Å². The number of aromatic amines is 1. The van der Waals surface area contributed by atoms with Crippen molar-refractivity contribution in [2.75, 3.05) is 0 Å². The zero-order valence-corrected chi connectivity index (χ0v) is 11.0. The first-order valence-corrected chi connectivity index (χ1v) is 6.43. The van der Waals surface area contributed by atoms with Crippen LogP contribution in [0, 0.1) is 6.92 Å². The van der Waals surface area contributed by atoms with Crippen LogP contribution in [0.3, 0.4) is 0 Å². The number of carbonyl (C=O) groups is 1. The molecule has 0 spiro atoms. The molecule has 1 aliphatic carbocycles. The van der Waals surface area contributed by atoms with Gasteiger partial charge >= 0.3 is 0 Å². The van der Waals surface area contributed by atoms with Gasteiger partial charge in [0, 0.05) is 18.2 Å². The predicted molar refractivity (Wildman–Crippen MR) is 69.2 cm³/mol. The molecule has 0 radical (unpaired) electrons. The standard InChI is InChI=1S/C13H14N4O3/c1-7-14-6-10(13(19)16-7)12(18)15-5-9-4-11(20-17-9)8-2-3-8/h4,6,8H,2-3,5H2,1H3,(H,15,18)(H,14,16,19). The lowest BCUT2D eigenvalue weighted by Gasteiger charge is -2.01. The molecule has 0 bridgehead atoms. The van der Waals surface area contributed by atoms with Gasteiger partial charge in [-0.05, 0) is 19.8 Å². The van der Waals surface area contributed by atoms with E-state index in [1.54, 1.807) is 6.92 Å². The maximum Gasteiger partial charge on any atom is 0.263 e. The van der Waals surface area contributed by atoms with Crippen molar-refractivity contribution < 1.29 is 9.32 Å². The van der Waals surface area contributed by atoms with Crippen LogP contribution in [0.2, 0.25) is 0 Å². The van der Waals surface area contributed by atoms with Crippen molar-refractivity contribution in [3.05, 3.63) is 45.5 Å². The Kier molecular flexibility index (Phi) is 3.09. The molecule has 7 heteroatoms. The average Bonchev–Trinajstić information content (AvgIpc) is 3.15. The van der Waals surface area contributed by atoms with Crippen molar-refractivity contribution in [2.45, 2.75) is 32.2 Å². The van der Waals surface area contributed by atoms with E-state index in [1.165, 1.54) is 6.20 Å². The van der Waals surface area contributed by atoms with Crippen molar-refractivity contribution >= 4 is 5.91 Å². The van der Waals surface area contributed by atoms with Crippen LogP contribution in [0.15, 0.2) is 21.6 Å². The van der Waals surface area contributed by atoms with E-state index in [9.17, 15) is 9.59 Å². The summed E-state index contributed by atoms with van der Waals surface area (Å²) < 4.78 is 5.18. The molecular weight excluding hydrogens is 260 g/mol. The predicted octanol–water partition coefficient (Wildman–Crippen LogP) is 0.874. The number of nitrogens with one attached hydrogen (secondary N) is 2. The number of H-pyrrole nitrogens is 1. The Morgan fingerprint density at radius 2 is 2.35 bits per heavy atom. The lowest BCUT2D eigenvalue weighted by molar-refractivity contribution is 0.0948. The number of nitrogens with zero attached hydrogens (tertiary/aromatic N) is 2. The monoisotopic (exact) mass is 274 g/mol. The molecule has 20 heavy (non-hydrogen) atoms. The first kappa shape index (κ1) is 12.6. The SMILES string of the molecule is Cc1ncc(C(=O)NCc2cc(C3CC3)on2)c(=O)[nH]1. The Labute approximate surface area is 114 Å². The van der Waals surface area contributed by atoms with Gasteiger partial charge in [0.1, 0.15) is 22.8 Å². The maximum atomic E-state index is 11.9. The lowest BCUT2D eigenvalue weighted by Crippen LogP contribution is -2.30. The molecule has 2 heterocycles. The molecule has 0 aromatic carbocycles. The lowest BCUT2D eigenvalue weighted by atomic mass is 10.2. The van der Waals surface area contributed by atoms with Crippen molar-refractivity contribution in [1.82, 2.24) is 20.4 Å². The van der Waals surface area contributed by atoms with Gasteiger partial charge in [-0.15, -0.1) is 0 Å². The first-order valence-electron chi connectivity index (χ1n) is 6.43. The van der Waals surface area contributed by atoms with Crippen LogP contribution in [-0.2, 0) is 6.54 Å². The smallest absolute Gasteiger partial charge is 0.263 e.